The van der Waals surface area contributed by atoms with Crippen LogP contribution >= 0.6 is 15.9 Å². The molecule has 3 nitrogen and oxygen atoms in total. The number of carbonyl (C=O) groups is 2. The first-order valence-electron chi connectivity index (χ1n) is 16.4. The molecular formula is C38H51BrO3. The quantitative estimate of drug-likeness (QED) is 0.189. The number of hydrogen-bond donors (Lipinski definition) is 0. The number of esters is 1. The van der Waals surface area contributed by atoms with Gasteiger partial charge in [-0.15, -0.1) is 0 Å². The van der Waals surface area contributed by atoms with Crippen LogP contribution in [0.2, 0.25) is 0 Å². The van der Waals surface area contributed by atoms with Crippen LogP contribution in [0.4, 0.5) is 0 Å². The van der Waals surface area contributed by atoms with Crippen LogP contribution in [0.25, 0.3) is 6.08 Å². The summed E-state index contributed by atoms with van der Waals surface area (Å²) in [7, 11) is 1.59. The average Bonchev–Trinajstić information content (AvgIpc) is 3.34. The molecule has 0 aliphatic heterocycles. The third-order valence-electron chi connectivity index (χ3n) is 14.5. The molecule has 0 N–H and O–H groups in total. The predicted molar refractivity (Wildman–Crippen MR) is 173 cm³/mol. The van der Waals surface area contributed by atoms with Gasteiger partial charge in [0.15, 0.2) is 5.78 Å². The lowest BCUT2D eigenvalue weighted by molar-refractivity contribution is -0.232. The number of methoxy groups -OCH3 is 1. The van der Waals surface area contributed by atoms with Crippen LogP contribution in [-0.4, -0.2) is 18.9 Å². The molecule has 0 aromatic heterocycles. The standard InChI is InChI=1S/C38H51BrO3/c1-23(2)27-15-18-38(33(41)42-8)20-19-36(6)28(31(27)38)13-14-30-35(5)22-25(21-24-9-11-26(39)12-10-24)32(40)34(3,4)29(35)16-17-37(30,36)7/h9-12,21,27-31H,1,13-20,22H2,2-8H3/b25-21-/t27-,28+,29-,30+,31-,35-,36+,37+,38-/m0/s1. The van der Waals surface area contributed by atoms with Crippen LogP contribution in [0.3, 0.4) is 0 Å². The van der Waals surface area contributed by atoms with E-state index >= 15 is 0 Å². The first kappa shape index (κ1) is 30.4. The summed E-state index contributed by atoms with van der Waals surface area (Å²) in [4.78, 5) is 27.6. The van der Waals surface area contributed by atoms with Crippen LogP contribution < -0.4 is 0 Å². The Kier molecular flexibility index (Phi) is 7.16. The summed E-state index contributed by atoms with van der Waals surface area (Å²) >= 11 is 3.56. The van der Waals surface area contributed by atoms with E-state index in [9.17, 15) is 9.59 Å². The fraction of sp³-hybridized carbons (Fsp3) is 0.684. The molecule has 0 bridgehead atoms. The normalized spacial score (nSPS) is 44.9. The Morgan fingerprint density at radius 2 is 1.62 bits per heavy atom. The lowest BCUT2D eigenvalue weighted by Crippen LogP contribution is -2.67. The van der Waals surface area contributed by atoms with Crippen molar-refractivity contribution in [2.75, 3.05) is 7.11 Å². The summed E-state index contributed by atoms with van der Waals surface area (Å²) in [5.74, 6) is 2.50. The highest BCUT2D eigenvalue weighted by atomic mass is 79.9. The van der Waals surface area contributed by atoms with E-state index in [1.54, 1.807) is 7.11 Å². The van der Waals surface area contributed by atoms with Crippen molar-refractivity contribution in [3.63, 3.8) is 0 Å². The largest absolute Gasteiger partial charge is 0.469 e. The van der Waals surface area contributed by atoms with Gasteiger partial charge < -0.3 is 4.74 Å². The maximum atomic E-state index is 14.1. The molecule has 0 unspecified atom stereocenters. The number of benzene rings is 1. The third kappa shape index (κ3) is 3.94. The Morgan fingerprint density at radius 3 is 2.26 bits per heavy atom. The van der Waals surface area contributed by atoms with E-state index in [-0.39, 0.29) is 33.0 Å². The molecule has 4 heteroatoms. The molecule has 228 valence electrons. The van der Waals surface area contributed by atoms with Crippen LogP contribution in [0.1, 0.15) is 105 Å². The summed E-state index contributed by atoms with van der Waals surface area (Å²) in [6.45, 7) is 18.8. The molecule has 1 aromatic rings. The van der Waals surface area contributed by atoms with Gasteiger partial charge >= 0.3 is 5.97 Å². The summed E-state index contributed by atoms with van der Waals surface area (Å²) in [5.41, 5.74) is 2.98. The Hall–Kier alpha value is -1.68. The second-order valence-corrected chi connectivity index (χ2v) is 17.2. The van der Waals surface area contributed by atoms with Crippen molar-refractivity contribution in [3.8, 4) is 0 Å². The zero-order chi connectivity index (χ0) is 30.5. The number of carbonyl (C=O) groups excluding carboxylic acids is 2. The first-order valence-corrected chi connectivity index (χ1v) is 17.2. The van der Waals surface area contributed by atoms with Crippen molar-refractivity contribution in [1.29, 1.82) is 0 Å². The molecule has 5 saturated carbocycles. The number of fused-ring (bicyclic) bond motifs is 7. The van der Waals surface area contributed by atoms with Crippen molar-refractivity contribution in [3.05, 3.63) is 52.0 Å². The molecule has 42 heavy (non-hydrogen) atoms. The van der Waals surface area contributed by atoms with Gasteiger partial charge in [0.2, 0.25) is 0 Å². The molecule has 5 aliphatic rings. The SMILES string of the molecule is C=C(C)[C@@H]1CC[C@]2(C(=O)OC)CC[C@]3(C)[C@H](CC[C@@H]4[C@@]5(C)C/C(=C/c6ccc(Br)cc6)C(=O)C(C)(C)[C@@H]5CC[C@]43C)[C@H]12. The van der Waals surface area contributed by atoms with Crippen LogP contribution in [0.15, 0.2) is 46.5 Å². The minimum absolute atomic E-state index is 0.0245. The Bertz CT molecular complexity index is 1340. The zero-order valence-corrected chi connectivity index (χ0v) is 28.5. The van der Waals surface area contributed by atoms with Gasteiger partial charge in [-0.1, -0.05) is 74.8 Å². The third-order valence-corrected chi connectivity index (χ3v) is 15.0. The van der Waals surface area contributed by atoms with Crippen molar-refractivity contribution < 1.29 is 14.3 Å². The highest BCUT2D eigenvalue weighted by molar-refractivity contribution is 9.10. The predicted octanol–water partition coefficient (Wildman–Crippen LogP) is 9.84. The first-order chi connectivity index (χ1) is 19.7. The molecule has 5 fully saturated rings. The van der Waals surface area contributed by atoms with Crippen molar-refractivity contribution in [2.24, 2.45) is 56.7 Å². The molecule has 0 saturated heterocycles. The van der Waals surface area contributed by atoms with Gasteiger partial charge in [-0.05, 0) is 140 Å². The van der Waals surface area contributed by atoms with E-state index in [1.807, 2.05) is 0 Å². The zero-order valence-electron chi connectivity index (χ0n) is 26.9. The smallest absolute Gasteiger partial charge is 0.312 e. The fourth-order valence-electron chi connectivity index (χ4n) is 12.4. The maximum Gasteiger partial charge on any atom is 0.312 e. The minimum atomic E-state index is -0.379. The molecule has 0 radical (unpaired) electrons. The number of ether oxygens (including phenoxy) is 1. The Morgan fingerprint density at radius 1 is 0.929 bits per heavy atom. The highest BCUT2D eigenvalue weighted by Crippen LogP contribution is 2.77. The molecule has 5 aliphatic carbocycles. The topological polar surface area (TPSA) is 43.4 Å². The number of hydrogen-bond acceptors (Lipinski definition) is 3. The number of rotatable bonds is 3. The Balaban J connectivity index is 1.41. The Labute approximate surface area is 262 Å². The van der Waals surface area contributed by atoms with Gasteiger partial charge in [0, 0.05) is 9.89 Å². The molecule has 1 aromatic carbocycles. The van der Waals surface area contributed by atoms with Crippen molar-refractivity contribution in [1.82, 2.24) is 0 Å². The maximum absolute atomic E-state index is 14.1. The second kappa shape index (κ2) is 9.91. The van der Waals surface area contributed by atoms with Gasteiger partial charge in [0.1, 0.15) is 0 Å². The van der Waals surface area contributed by atoms with Crippen LogP contribution in [0, 0.1) is 56.7 Å². The lowest BCUT2D eigenvalue weighted by Gasteiger charge is -2.72. The fourth-order valence-corrected chi connectivity index (χ4v) is 12.7. The van der Waals surface area contributed by atoms with E-state index < -0.39 is 0 Å². The number of allylic oxidation sites excluding steroid dienone is 2. The minimum Gasteiger partial charge on any atom is -0.469 e. The van der Waals surface area contributed by atoms with Gasteiger partial charge in [0.05, 0.1) is 12.5 Å². The van der Waals surface area contributed by atoms with E-state index in [0.29, 0.717) is 35.4 Å². The second-order valence-electron chi connectivity index (χ2n) is 16.3. The van der Waals surface area contributed by atoms with Gasteiger partial charge in [-0.2, -0.15) is 0 Å². The van der Waals surface area contributed by atoms with E-state index in [0.717, 1.165) is 60.6 Å². The summed E-state index contributed by atoms with van der Waals surface area (Å²) < 4.78 is 6.60. The number of Topliss-reactive ketones (excluding diaryl/α,β-unsaturated/α-hetero) is 1. The monoisotopic (exact) mass is 634 g/mol. The van der Waals surface area contributed by atoms with Crippen LogP contribution in [-0.2, 0) is 14.3 Å². The molecule has 0 spiro atoms. The number of ketones is 1. The average molecular weight is 636 g/mol. The van der Waals surface area contributed by atoms with Gasteiger partial charge in [-0.3, -0.25) is 9.59 Å². The molecular weight excluding hydrogens is 584 g/mol. The molecule has 6 rings (SSSR count). The molecule has 9 atom stereocenters. The molecule has 0 amide bonds. The summed E-state index contributed by atoms with van der Waals surface area (Å²) in [6, 6.07) is 8.35. The number of halogens is 1. The summed E-state index contributed by atoms with van der Waals surface area (Å²) in [6.07, 6.45) is 11.7. The molecule has 0 heterocycles. The van der Waals surface area contributed by atoms with E-state index in [1.165, 1.54) is 18.4 Å². The highest BCUT2D eigenvalue weighted by Gasteiger charge is 2.72. The van der Waals surface area contributed by atoms with Crippen LogP contribution in [0.5, 0.6) is 0 Å². The lowest BCUT2D eigenvalue weighted by atomic mass is 9.32. The van der Waals surface area contributed by atoms with Gasteiger partial charge in [-0.25, -0.2) is 0 Å². The van der Waals surface area contributed by atoms with E-state index in [4.69, 9.17) is 4.74 Å². The van der Waals surface area contributed by atoms with E-state index in [2.05, 4.69) is 94.4 Å². The van der Waals surface area contributed by atoms with Crippen molar-refractivity contribution >= 4 is 33.8 Å². The van der Waals surface area contributed by atoms with Gasteiger partial charge in [0.25, 0.3) is 0 Å². The van der Waals surface area contributed by atoms with Crippen molar-refractivity contribution in [2.45, 2.75) is 99.3 Å². The summed E-state index contributed by atoms with van der Waals surface area (Å²) in [5, 5.41) is 0.